The number of benzene rings is 3. The van der Waals surface area contributed by atoms with Crippen molar-refractivity contribution in [2.24, 2.45) is 10.2 Å². The van der Waals surface area contributed by atoms with Crippen LogP contribution in [-0.4, -0.2) is 39.4 Å². The molecule has 9 heteroatoms. The second-order valence-electron chi connectivity index (χ2n) is 7.24. The summed E-state index contributed by atoms with van der Waals surface area (Å²) in [5.74, 6) is 0.144. The van der Waals surface area contributed by atoms with Gasteiger partial charge in [-0.15, -0.1) is 0 Å². The lowest BCUT2D eigenvalue weighted by molar-refractivity contribution is 0.258. The first kappa shape index (κ1) is 23.0. The molecule has 0 aliphatic rings. The van der Waals surface area contributed by atoms with Gasteiger partial charge in [0.05, 0.1) is 16.3 Å². The van der Waals surface area contributed by atoms with E-state index in [2.05, 4.69) is 15.5 Å². The molecule has 0 aliphatic heterocycles. The summed E-state index contributed by atoms with van der Waals surface area (Å²) in [5, 5.41) is 18.9. The Bertz CT molecular complexity index is 1190. The molecule has 0 saturated carbocycles. The summed E-state index contributed by atoms with van der Waals surface area (Å²) in [5.41, 5.74) is 3.04. The summed E-state index contributed by atoms with van der Waals surface area (Å²) < 4.78 is 25.0. The fourth-order valence-corrected chi connectivity index (χ4v) is 3.80. The zero-order valence-electron chi connectivity index (χ0n) is 17.8. The van der Waals surface area contributed by atoms with E-state index in [1.807, 2.05) is 43.3 Å². The number of phenols is 1. The molecule has 32 heavy (non-hydrogen) atoms. The predicted molar refractivity (Wildman–Crippen MR) is 124 cm³/mol. The van der Waals surface area contributed by atoms with E-state index in [-0.39, 0.29) is 17.2 Å². The highest BCUT2D eigenvalue weighted by molar-refractivity contribution is 8.06. The lowest BCUT2D eigenvalue weighted by Gasteiger charge is -2.11. The number of phenolic OH excluding ortho intramolecular Hbond substituents is 1. The van der Waals surface area contributed by atoms with E-state index in [0.29, 0.717) is 17.8 Å². The minimum absolute atomic E-state index is 0.117. The second kappa shape index (κ2) is 10.1. The van der Waals surface area contributed by atoms with Crippen molar-refractivity contribution < 1.29 is 18.3 Å². The number of nitrogens with zero attached hydrogens (tertiary/aromatic N) is 3. The maximum absolute atomic E-state index is 12.5. The predicted octanol–water partition coefficient (Wildman–Crippen LogP) is 4.60. The fraction of sp³-hybridized carbons (Fsp3) is 0.174. The Kier molecular flexibility index (Phi) is 7.21. The molecule has 0 aliphatic carbocycles. The minimum atomic E-state index is -4.16. The number of carbonyl (C=O) groups is 1. The summed E-state index contributed by atoms with van der Waals surface area (Å²) in [7, 11) is -0.271. The van der Waals surface area contributed by atoms with Crippen LogP contribution in [0.2, 0.25) is 0 Å². The summed E-state index contributed by atoms with van der Waals surface area (Å²) in [6, 6.07) is 19.6. The summed E-state index contributed by atoms with van der Waals surface area (Å²) >= 11 is 0. The van der Waals surface area contributed by atoms with E-state index in [9.17, 15) is 18.3 Å². The van der Waals surface area contributed by atoms with Crippen molar-refractivity contribution in [2.45, 2.75) is 11.3 Å². The van der Waals surface area contributed by atoms with E-state index in [4.69, 9.17) is 0 Å². The van der Waals surface area contributed by atoms with Crippen LogP contribution in [0.5, 0.6) is 5.75 Å². The van der Waals surface area contributed by atoms with Crippen molar-refractivity contribution in [3.63, 3.8) is 0 Å². The Morgan fingerprint density at radius 3 is 1.94 bits per heavy atom. The molecular weight excluding hydrogens is 428 g/mol. The molecule has 3 aromatic carbocycles. The molecule has 0 fully saturated rings. The van der Waals surface area contributed by atoms with Gasteiger partial charge in [-0.1, -0.05) is 12.1 Å². The Morgan fingerprint density at radius 1 is 0.875 bits per heavy atom. The Hall–Kier alpha value is -3.72. The molecule has 3 rings (SSSR count). The van der Waals surface area contributed by atoms with Gasteiger partial charge in [-0.2, -0.15) is 10.2 Å². The first-order chi connectivity index (χ1) is 15.3. The molecule has 0 bridgehead atoms. The smallest absolute Gasteiger partial charge is 0.341 e. The number of azo groups is 1. The SMILES string of the molecule is CN(C)c1ccc(/N=N/c2ccc(S(=O)(=O)C(=O)NCCc3ccc(O)cc3)cc2)cc1. The summed E-state index contributed by atoms with van der Waals surface area (Å²) in [6.07, 6.45) is 0.441. The van der Waals surface area contributed by atoms with Gasteiger partial charge in [-0.25, -0.2) is 8.42 Å². The molecule has 0 radical (unpaired) electrons. The molecular formula is C23H24N4O4S. The summed E-state index contributed by atoms with van der Waals surface area (Å²) in [6.45, 7) is 0.155. The van der Waals surface area contributed by atoms with Gasteiger partial charge >= 0.3 is 5.24 Å². The molecule has 0 saturated heterocycles. The van der Waals surface area contributed by atoms with Crippen LogP contribution in [0.1, 0.15) is 5.56 Å². The lowest BCUT2D eigenvalue weighted by Crippen LogP contribution is -2.31. The number of amides is 1. The van der Waals surface area contributed by atoms with Crippen molar-refractivity contribution in [3.8, 4) is 5.75 Å². The average molecular weight is 453 g/mol. The maximum atomic E-state index is 12.5. The topological polar surface area (TPSA) is 111 Å². The molecule has 1 amide bonds. The third kappa shape index (κ3) is 5.92. The Morgan fingerprint density at radius 2 is 1.41 bits per heavy atom. The van der Waals surface area contributed by atoms with Crippen LogP contribution in [0.3, 0.4) is 0 Å². The van der Waals surface area contributed by atoms with Gasteiger partial charge in [0, 0.05) is 26.3 Å². The van der Waals surface area contributed by atoms with E-state index in [1.165, 1.54) is 36.4 Å². The Balaban J connectivity index is 1.59. The number of carbonyl (C=O) groups excluding carboxylic acids is 1. The number of aromatic hydroxyl groups is 1. The van der Waals surface area contributed by atoms with Gasteiger partial charge in [0.2, 0.25) is 0 Å². The molecule has 3 aromatic rings. The molecule has 8 nitrogen and oxygen atoms in total. The summed E-state index contributed by atoms with van der Waals surface area (Å²) in [4.78, 5) is 14.1. The Labute approximate surface area is 187 Å². The van der Waals surface area contributed by atoms with Crippen molar-refractivity contribution in [1.29, 1.82) is 0 Å². The van der Waals surface area contributed by atoms with Crippen LogP contribution in [0, 0.1) is 0 Å². The monoisotopic (exact) mass is 452 g/mol. The number of sulfone groups is 1. The van der Waals surface area contributed by atoms with E-state index < -0.39 is 15.1 Å². The zero-order valence-corrected chi connectivity index (χ0v) is 18.6. The van der Waals surface area contributed by atoms with Crippen LogP contribution in [0.15, 0.2) is 87.9 Å². The zero-order chi connectivity index (χ0) is 23.1. The van der Waals surface area contributed by atoms with Gasteiger partial charge < -0.3 is 15.3 Å². The quantitative estimate of drug-likeness (QED) is 0.509. The highest BCUT2D eigenvalue weighted by atomic mass is 32.2. The lowest BCUT2D eigenvalue weighted by atomic mass is 10.1. The molecule has 0 aromatic heterocycles. The number of anilines is 1. The molecule has 166 valence electrons. The van der Waals surface area contributed by atoms with Crippen LogP contribution in [-0.2, 0) is 16.3 Å². The van der Waals surface area contributed by atoms with Gasteiger partial charge in [-0.05, 0) is 72.6 Å². The highest BCUT2D eigenvalue weighted by Gasteiger charge is 2.24. The van der Waals surface area contributed by atoms with Crippen molar-refractivity contribution in [2.75, 3.05) is 25.5 Å². The largest absolute Gasteiger partial charge is 0.508 e. The standard InChI is InChI=1S/C23H24N4O4S/c1-27(2)20-9-5-18(6-10-20)25-26-19-7-13-22(14-8-19)32(30,31)23(29)24-16-15-17-3-11-21(28)12-4-17/h3-14,28H,15-16H2,1-2H3,(H,24,29)/b26-25+. The highest BCUT2D eigenvalue weighted by Crippen LogP contribution is 2.23. The number of rotatable bonds is 7. The van der Waals surface area contributed by atoms with Crippen LogP contribution < -0.4 is 10.2 Å². The van der Waals surface area contributed by atoms with E-state index in [0.717, 1.165) is 11.3 Å². The van der Waals surface area contributed by atoms with Gasteiger partial charge in [-0.3, -0.25) is 4.79 Å². The fourth-order valence-electron chi connectivity index (χ4n) is 2.80. The molecule has 0 spiro atoms. The first-order valence-electron chi connectivity index (χ1n) is 9.86. The van der Waals surface area contributed by atoms with Crippen molar-refractivity contribution in [3.05, 3.63) is 78.4 Å². The third-order valence-electron chi connectivity index (χ3n) is 4.66. The van der Waals surface area contributed by atoms with Crippen LogP contribution in [0.25, 0.3) is 0 Å². The molecule has 0 unspecified atom stereocenters. The minimum Gasteiger partial charge on any atom is -0.508 e. The van der Waals surface area contributed by atoms with Crippen LogP contribution in [0.4, 0.5) is 21.9 Å². The van der Waals surface area contributed by atoms with Gasteiger partial charge in [0.15, 0.2) is 0 Å². The number of nitrogens with one attached hydrogen (secondary N) is 1. The third-order valence-corrected chi connectivity index (χ3v) is 6.18. The second-order valence-corrected chi connectivity index (χ2v) is 9.09. The molecule has 0 heterocycles. The first-order valence-corrected chi connectivity index (χ1v) is 11.3. The maximum Gasteiger partial charge on any atom is 0.341 e. The average Bonchev–Trinajstić information content (AvgIpc) is 2.79. The van der Waals surface area contributed by atoms with Crippen LogP contribution >= 0.6 is 0 Å². The number of hydrogen-bond acceptors (Lipinski definition) is 7. The van der Waals surface area contributed by atoms with Gasteiger partial charge in [0.1, 0.15) is 5.75 Å². The van der Waals surface area contributed by atoms with Crippen molar-refractivity contribution in [1.82, 2.24) is 5.32 Å². The van der Waals surface area contributed by atoms with Crippen molar-refractivity contribution >= 4 is 32.1 Å². The molecule has 0 atom stereocenters. The van der Waals surface area contributed by atoms with E-state index in [1.54, 1.807) is 12.1 Å². The molecule has 2 N–H and O–H groups in total. The normalized spacial score (nSPS) is 11.4. The van der Waals surface area contributed by atoms with Gasteiger partial charge in [0.25, 0.3) is 9.84 Å². The number of hydrogen-bond donors (Lipinski definition) is 2. The van der Waals surface area contributed by atoms with E-state index >= 15 is 0 Å².